The molecule has 3 nitrogen and oxygen atoms in total. The van der Waals surface area contributed by atoms with Crippen LogP contribution in [0.25, 0.3) is 0 Å². The standard InChI is InChI=1S/C16H18ClF2NO2/c17-8-15(21)20(9-10-3-1-5-12(18)16(10)19)13-7-14-11(13)4-2-6-22-14/h1,3,5,11,13-14H,2,4,6-9H2/t11-,13-,14+/m1/s1. The minimum atomic E-state index is -0.900. The highest BCUT2D eigenvalue weighted by Gasteiger charge is 2.47. The van der Waals surface area contributed by atoms with E-state index in [0.29, 0.717) is 0 Å². The fourth-order valence-electron chi connectivity index (χ4n) is 3.44. The highest BCUT2D eigenvalue weighted by molar-refractivity contribution is 6.27. The first-order valence-electron chi connectivity index (χ1n) is 7.51. The van der Waals surface area contributed by atoms with Crippen molar-refractivity contribution < 1.29 is 18.3 Å². The van der Waals surface area contributed by atoms with E-state index in [0.717, 1.165) is 31.9 Å². The zero-order valence-electron chi connectivity index (χ0n) is 12.1. The number of carbonyl (C=O) groups excluding carboxylic acids is 1. The Morgan fingerprint density at radius 2 is 2.23 bits per heavy atom. The highest BCUT2D eigenvalue weighted by atomic mass is 35.5. The number of halogens is 3. The summed E-state index contributed by atoms with van der Waals surface area (Å²) in [7, 11) is 0. The van der Waals surface area contributed by atoms with Gasteiger partial charge in [-0.25, -0.2) is 8.78 Å². The average Bonchev–Trinajstić information content (AvgIpc) is 2.51. The fourth-order valence-corrected chi connectivity index (χ4v) is 3.60. The molecule has 1 saturated carbocycles. The maximum atomic E-state index is 13.9. The van der Waals surface area contributed by atoms with E-state index < -0.39 is 11.6 Å². The van der Waals surface area contributed by atoms with E-state index in [-0.39, 0.29) is 42.0 Å². The zero-order chi connectivity index (χ0) is 15.7. The lowest BCUT2D eigenvalue weighted by Crippen LogP contribution is -2.59. The molecule has 0 aromatic heterocycles. The Balaban J connectivity index is 1.79. The molecular formula is C16H18ClF2NO2. The van der Waals surface area contributed by atoms with Gasteiger partial charge in [-0.15, -0.1) is 11.6 Å². The molecule has 2 aliphatic rings. The molecule has 1 heterocycles. The molecule has 6 heteroatoms. The summed E-state index contributed by atoms with van der Waals surface area (Å²) < 4.78 is 32.9. The van der Waals surface area contributed by atoms with Gasteiger partial charge in [0.15, 0.2) is 11.6 Å². The highest BCUT2D eigenvalue weighted by Crippen LogP contribution is 2.41. The van der Waals surface area contributed by atoms with Crippen LogP contribution >= 0.6 is 11.6 Å². The first-order valence-corrected chi connectivity index (χ1v) is 8.05. The molecule has 1 amide bonds. The SMILES string of the molecule is O=C(CCl)N(Cc1cccc(F)c1F)[C@@H]1C[C@@H]2OCCC[C@@H]21. The van der Waals surface area contributed by atoms with E-state index in [1.54, 1.807) is 4.90 Å². The van der Waals surface area contributed by atoms with Crippen LogP contribution in [0, 0.1) is 17.6 Å². The van der Waals surface area contributed by atoms with Gasteiger partial charge in [0.25, 0.3) is 0 Å². The van der Waals surface area contributed by atoms with Gasteiger partial charge in [0.2, 0.25) is 5.91 Å². The number of ether oxygens (including phenoxy) is 1. The molecule has 0 radical (unpaired) electrons. The molecule has 1 aliphatic carbocycles. The molecule has 0 spiro atoms. The molecule has 3 atom stereocenters. The fraction of sp³-hybridized carbons (Fsp3) is 0.562. The Kier molecular flexibility index (Phi) is 4.64. The number of benzene rings is 1. The topological polar surface area (TPSA) is 29.5 Å². The van der Waals surface area contributed by atoms with Gasteiger partial charge in [0, 0.05) is 30.7 Å². The van der Waals surface area contributed by atoms with E-state index in [4.69, 9.17) is 16.3 Å². The molecule has 1 aliphatic heterocycles. The number of rotatable bonds is 4. The summed E-state index contributed by atoms with van der Waals surface area (Å²) in [6, 6.07) is 4.02. The number of hydrogen-bond acceptors (Lipinski definition) is 2. The van der Waals surface area contributed by atoms with Crippen LogP contribution in [0.4, 0.5) is 8.78 Å². The van der Waals surface area contributed by atoms with Crippen LogP contribution in [-0.4, -0.2) is 35.4 Å². The van der Waals surface area contributed by atoms with Crippen molar-refractivity contribution in [2.75, 3.05) is 12.5 Å². The summed E-state index contributed by atoms with van der Waals surface area (Å²) in [4.78, 5) is 13.7. The van der Waals surface area contributed by atoms with Crippen LogP contribution in [0.2, 0.25) is 0 Å². The summed E-state index contributed by atoms with van der Waals surface area (Å²) in [6.45, 7) is 0.804. The van der Waals surface area contributed by atoms with E-state index in [2.05, 4.69) is 0 Å². The van der Waals surface area contributed by atoms with E-state index >= 15 is 0 Å². The molecule has 1 aromatic rings. The Bertz CT molecular complexity index is 569. The summed E-state index contributed by atoms with van der Waals surface area (Å²) in [6.07, 6.45) is 2.88. The molecule has 3 rings (SSSR count). The van der Waals surface area contributed by atoms with Gasteiger partial charge < -0.3 is 9.64 Å². The van der Waals surface area contributed by atoms with Gasteiger partial charge >= 0.3 is 0 Å². The van der Waals surface area contributed by atoms with Gasteiger partial charge in [-0.2, -0.15) is 0 Å². The lowest BCUT2D eigenvalue weighted by molar-refractivity contribution is -0.157. The summed E-state index contributed by atoms with van der Waals surface area (Å²) in [5.74, 6) is -1.93. The largest absolute Gasteiger partial charge is 0.378 e. The smallest absolute Gasteiger partial charge is 0.238 e. The zero-order valence-corrected chi connectivity index (χ0v) is 12.9. The quantitative estimate of drug-likeness (QED) is 0.794. The number of alkyl halides is 1. The van der Waals surface area contributed by atoms with Crippen molar-refractivity contribution in [3.05, 3.63) is 35.4 Å². The summed E-state index contributed by atoms with van der Waals surface area (Å²) in [5.41, 5.74) is 0.179. The Labute approximate surface area is 133 Å². The predicted molar refractivity (Wildman–Crippen MR) is 78.5 cm³/mol. The van der Waals surface area contributed by atoms with Crippen molar-refractivity contribution in [3.63, 3.8) is 0 Å². The van der Waals surface area contributed by atoms with Crippen molar-refractivity contribution in [1.29, 1.82) is 0 Å². The van der Waals surface area contributed by atoms with Crippen LogP contribution in [0.3, 0.4) is 0 Å². The summed E-state index contributed by atoms with van der Waals surface area (Å²) in [5, 5.41) is 0. The normalized spacial score (nSPS) is 27.0. The lowest BCUT2D eigenvalue weighted by atomic mass is 9.71. The molecule has 2 fully saturated rings. The van der Waals surface area contributed by atoms with E-state index in [1.807, 2.05) is 0 Å². The number of hydrogen-bond donors (Lipinski definition) is 0. The van der Waals surface area contributed by atoms with Gasteiger partial charge in [-0.3, -0.25) is 4.79 Å². The van der Waals surface area contributed by atoms with Crippen molar-refractivity contribution in [3.8, 4) is 0 Å². The minimum absolute atomic E-state index is 0.000725. The third-order valence-electron chi connectivity index (χ3n) is 4.67. The van der Waals surface area contributed by atoms with Crippen molar-refractivity contribution in [2.24, 2.45) is 5.92 Å². The Morgan fingerprint density at radius 1 is 1.41 bits per heavy atom. The molecule has 0 bridgehead atoms. The van der Waals surface area contributed by atoms with Crippen LogP contribution < -0.4 is 0 Å². The first-order chi connectivity index (χ1) is 10.6. The first kappa shape index (κ1) is 15.7. The molecule has 1 saturated heterocycles. The second kappa shape index (κ2) is 6.50. The number of amides is 1. The average molecular weight is 330 g/mol. The Hall–Kier alpha value is -1.20. The maximum absolute atomic E-state index is 13.9. The van der Waals surface area contributed by atoms with Crippen LogP contribution in [0.1, 0.15) is 24.8 Å². The molecule has 1 aromatic carbocycles. The lowest BCUT2D eigenvalue weighted by Gasteiger charge is -2.51. The molecular weight excluding hydrogens is 312 g/mol. The molecule has 0 unspecified atom stereocenters. The number of carbonyl (C=O) groups is 1. The summed E-state index contributed by atoms with van der Waals surface area (Å²) >= 11 is 5.69. The van der Waals surface area contributed by atoms with E-state index in [9.17, 15) is 13.6 Å². The predicted octanol–water partition coefficient (Wildman–Crippen LogP) is 3.10. The molecule has 22 heavy (non-hydrogen) atoms. The van der Waals surface area contributed by atoms with Crippen molar-refractivity contribution in [1.82, 2.24) is 4.90 Å². The number of nitrogens with zero attached hydrogens (tertiary/aromatic N) is 1. The van der Waals surface area contributed by atoms with Crippen LogP contribution in [0.15, 0.2) is 18.2 Å². The second-order valence-corrected chi connectivity index (χ2v) is 6.15. The van der Waals surface area contributed by atoms with Crippen molar-refractivity contribution in [2.45, 2.75) is 38.0 Å². The molecule has 0 N–H and O–H groups in total. The van der Waals surface area contributed by atoms with Gasteiger partial charge in [0.05, 0.1) is 6.10 Å². The van der Waals surface area contributed by atoms with Crippen LogP contribution in [0.5, 0.6) is 0 Å². The monoisotopic (exact) mass is 329 g/mol. The third-order valence-corrected chi connectivity index (χ3v) is 4.90. The van der Waals surface area contributed by atoms with Gasteiger partial charge in [0.1, 0.15) is 5.88 Å². The third kappa shape index (κ3) is 2.84. The minimum Gasteiger partial charge on any atom is -0.378 e. The van der Waals surface area contributed by atoms with Crippen molar-refractivity contribution >= 4 is 17.5 Å². The van der Waals surface area contributed by atoms with E-state index in [1.165, 1.54) is 12.1 Å². The Morgan fingerprint density at radius 3 is 2.95 bits per heavy atom. The second-order valence-electron chi connectivity index (χ2n) is 5.89. The maximum Gasteiger partial charge on any atom is 0.238 e. The van der Waals surface area contributed by atoms with Crippen LogP contribution in [-0.2, 0) is 16.1 Å². The van der Waals surface area contributed by atoms with Gasteiger partial charge in [-0.1, -0.05) is 12.1 Å². The van der Waals surface area contributed by atoms with Gasteiger partial charge in [-0.05, 0) is 25.3 Å². The number of fused-ring (bicyclic) bond motifs is 1. The molecule has 120 valence electrons.